The number of benzene rings is 1. The first-order valence-corrected chi connectivity index (χ1v) is 7.27. The zero-order valence-electron chi connectivity index (χ0n) is 11.0. The van der Waals surface area contributed by atoms with Gasteiger partial charge in [-0.05, 0) is 36.2 Å². The molecule has 7 heteroatoms. The van der Waals surface area contributed by atoms with Crippen molar-refractivity contribution in [3.05, 3.63) is 40.1 Å². The van der Waals surface area contributed by atoms with Crippen molar-refractivity contribution in [3.8, 4) is 0 Å². The molecule has 1 aromatic heterocycles. The highest BCUT2D eigenvalue weighted by Crippen LogP contribution is 2.31. The van der Waals surface area contributed by atoms with E-state index >= 15 is 0 Å². The molecule has 2 aromatic rings. The van der Waals surface area contributed by atoms with Gasteiger partial charge >= 0.3 is 5.69 Å². The van der Waals surface area contributed by atoms with Crippen molar-refractivity contribution in [1.29, 1.82) is 0 Å². The van der Waals surface area contributed by atoms with Crippen LogP contribution in [0.15, 0.2) is 33.0 Å². The lowest BCUT2D eigenvalue weighted by Crippen LogP contribution is -2.16. The molecule has 1 fully saturated rings. The summed E-state index contributed by atoms with van der Waals surface area (Å²) in [6.07, 6.45) is 2.37. The maximum atomic E-state index is 14.0. The molecule has 1 aromatic carbocycles. The number of rotatable bonds is 5. The lowest BCUT2D eigenvalue weighted by Gasteiger charge is -2.10. The second-order valence-corrected chi connectivity index (χ2v) is 5.83. The van der Waals surface area contributed by atoms with E-state index in [0.29, 0.717) is 22.6 Å². The third-order valence-electron chi connectivity index (χ3n) is 3.24. The SMILES string of the molecule is Cn1c(Sc2c(F)cccc2CNC2CC2)n[nH]c1=O. The first kappa shape index (κ1) is 13.4. The molecule has 0 radical (unpaired) electrons. The Morgan fingerprint density at radius 1 is 1.55 bits per heavy atom. The predicted octanol–water partition coefficient (Wildman–Crippen LogP) is 1.65. The van der Waals surface area contributed by atoms with E-state index in [1.54, 1.807) is 13.1 Å². The van der Waals surface area contributed by atoms with Gasteiger partial charge in [0.25, 0.3) is 0 Å². The summed E-state index contributed by atoms with van der Waals surface area (Å²) in [6, 6.07) is 5.58. The topological polar surface area (TPSA) is 62.7 Å². The number of H-pyrrole nitrogens is 1. The average molecular weight is 294 g/mol. The zero-order chi connectivity index (χ0) is 14.1. The number of aromatic amines is 1. The van der Waals surface area contributed by atoms with Crippen LogP contribution in [0.25, 0.3) is 0 Å². The molecule has 106 valence electrons. The number of nitrogens with zero attached hydrogens (tertiary/aromatic N) is 2. The Morgan fingerprint density at radius 2 is 2.35 bits per heavy atom. The third kappa shape index (κ3) is 2.78. The van der Waals surface area contributed by atoms with Crippen LogP contribution in [-0.2, 0) is 13.6 Å². The Kier molecular flexibility index (Phi) is 3.62. The van der Waals surface area contributed by atoms with E-state index in [4.69, 9.17) is 0 Å². The molecule has 0 amide bonds. The minimum atomic E-state index is -0.304. The summed E-state index contributed by atoms with van der Waals surface area (Å²) in [4.78, 5) is 11.9. The maximum Gasteiger partial charge on any atom is 0.343 e. The van der Waals surface area contributed by atoms with Crippen molar-refractivity contribution in [2.45, 2.75) is 35.5 Å². The van der Waals surface area contributed by atoms with E-state index in [1.165, 1.54) is 35.2 Å². The fourth-order valence-corrected chi connectivity index (χ4v) is 2.79. The summed E-state index contributed by atoms with van der Waals surface area (Å²) in [5, 5.41) is 10.1. The molecule has 0 unspecified atom stereocenters. The van der Waals surface area contributed by atoms with E-state index in [0.717, 1.165) is 5.56 Å². The van der Waals surface area contributed by atoms with E-state index in [-0.39, 0.29) is 11.5 Å². The molecule has 5 nitrogen and oxygen atoms in total. The molecule has 0 spiro atoms. The smallest absolute Gasteiger partial charge is 0.310 e. The molecular formula is C13H15FN4OS. The van der Waals surface area contributed by atoms with Gasteiger partial charge in [0.2, 0.25) is 0 Å². The fourth-order valence-electron chi connectivity index (χ4n) is 1.86. The molecule has 1 saturated carbocycles. The monoisotopic (exact) mass is 294 g/mol. The maximum absolute atomic E-state index is 14.0. The highest BCUT2D eigenvalue weighted by molar-refractivity contribution is 7.99. The van der Waals surface area contributed by atoms with Gasteiger partial charge in [-0.15, -0.1) is 5.10 Å². The molecule has 0 saturated heterocycles. The van der Waals surface area contributed by atoms with Crippen LogP contribution in [0.4, 0.5) is 4.39 Å². The van der Waals surface area contributed by atoms with Gasteiger partial charge in [-0.3, -0.25) is 4.57 Å². The Hall–Kier alpha value is -1.60. The van der Waals surface area contributed by atoms with Gasteiger partial charge in [-0.1, -0.05) is 12.1 Å². The van der Waals surface area contributed by atoms with Crippen molar-refractivity contribution in [1.82, 2.24) is 20.1 Å². The Bertz CT molecular complexity index is 677. The summed E-state index contributed by atoms with van der Waals surface area (Å²) in [5.74, 6) is -0.291. The van der Waals surface area contributed by atoms with Gasteiger partial charge in [-0.25, -0.2) is 14.3 Å². The summed E-state index contributed by atoms with van der Waals surface area (Å²) < 4.78 is 15.4. The van der Waals surface area contributed by atoms with E-state index in [2.05, 4.69) is 15.5 Å². The summed E-state index contributed by atoms with van der Waals surface area (Å²) in [5.41, 5.74) is 0.582. The third-order valence-corrected chi connectivity index (χ3v) is 4.45. The Morgan fingerprint density at radius 3 is 3.00 bits per heavy atom. The Balaban J connectivity index is 1.86. The quantitative estimate of drug-likeness (QED) is 0.880. The largest absolute Gasteiger partial charge is 0.343 e. The van der Waals surface area contributed by atoms with Crippen molar-refractivity contribution in [2.75, 3.05) is 0 Å². The molecule has 1 aliphatic carbocycles. The second-order valence-electron chi connectivity index (χ2n) is 4.86. The van der Waals surface area contributed by atoms with Gasteiger partial charge in [0.05, 0.1) is 4.90 Å². The minimum absolute atomic E-state index is 0.291. The van der Waals surface area contributed by atoms with Gasteiger partial charge in [0, 0.05) is 19.6 Å². The van der Waals surface area contributed by atoms with Crippen molar-refractivity contribution >= 4 is 11.8 Å². The van der Waals surface area contributed by atoms with Gasteiger partial charge in [0.15, 0.2) is 5.16 Å². The van der Waals surface area contributed by atoms with E-state index in [1.807, 2.05) is 6.07 Å². The summed E-state index contributed by atoms with van der Waals surface area (Å²) >= 11 is 1.17. The van der Waals surface area contributed by atoms with Crippen LogP contribution < -0.4 is 11.0 Å². The zero-order valence-corrected chi connectivity index (χ0v) is 11.8. The molecule has 0 aliphatic heterocycles. The predicted molar refractivity (Wildman–Crippen MR) is 74.2 cm³/mol. The molecule has 20 heavy (non-hydrogen) atoms. The lowest BCUT2D eigenvalue weighted by molar-refractivity contribution is 0.588. The summed E-state index contributed by atoms with van der Waals surface area (Å²) in [7, 11) is 1.61. The van der Waals surface area contributed by atoms with Crippen molar-refractivity contribution in [2.24, 2.45) is 7.05 Å². The van der Waals surface area contributed by atoms with Crippen LogP contribution in [0, 0.1) is 5.82 Å². The van der Waals surface area contributed by atoms with Crippen molar-refractivity contribution < 1.29 is 4.39 Å². The van der Waals surface area contributed by atoms with Crippen molar-refractivity contribution in [3.63, 3.8) is 0 Å². The molecule has 3 rings (SSSR count). The van der Waals surface area contributed by atoms with Gasteiger partial charge in [0.1, 0.15) is 5.82 Å². The number of hydrogen-bond acceptors (Lipinski definition) is 4. The molecule has 0 atom stereocenters. The Labute approximate surface area is 119 Å². The van der Waals surface area contributed by atoms with Crippen LogP contribution in [0.2, 0.25) is 0 Å². The highest BCUT2D eigenvalue weighted by Gasteiger charge is 2.21. The number of hydrogen-bond donors (Lipinski definition) is 2. The molecule has 0 bridgehead atoms. The number of halogens is 1. The number of aromatic nitrogens is 3. The van der Waals surface area contributed by atoms with E-state index in [9.17, 15) is 9.18 Å². The number of nitrogens with one attached hydrogen (secondary N) is 2. The van der Waals surface area contributed by atoms with Crippen LogP contribution in [0.1, 0.15) is 18.4 Å². The fraction of sp³-hybridized carbons (Fsp3) is 0.385. The molecule has 1 aliphatic rings. The summed E-state index contributed by atoms with van der Waals surface area (Å²) in [6.45, 7) is 0.628. The van der Waals surface area contributed by atoms with Crippen LogP contribution >= 0.6 is 11.8 Å². The van der Waals surface area contributed by atoms with Crippen LogP contribution in [-0.4, -0.2) is 20.8 Å². The van der Waals surface area contributed by atoms with Crippen LogP contribution in [0.3, 0.4) is 0 Å². The van der Waals surface area contributed by atoms with E-state index < -0.39 is 0 Å². The standard InChI is InChI=1S/C13H15FN4OS/c1-18-12(19)16-17-13(18)20-11-8(3-2-4-10(11)14)7-15-9-5-6-9/h2-4,9,15H,5-7H2,1H3,(H,16,19). The van der Waals surface area contributed by atoms with Crippen LogP contribution in [0.5, 0.6) is 0 Å². The van der Waals surface area contributed by atoms with Gasteiger partial charge < -0.3 is 5.32 Å². The first-order chi connectivity index (χ1) is 9.65. The molecule has 1 heterocycles. The average Bonchev–Trinajstić information content (AvgIpc) is 3.21. The normalized spacial score (nSPS) is 14.7. The highest BCUT2D eigenvalue weighted by atomic mass is 32.2. The minimum Gasteiger partial charge on any atom is -0.310 e. The van der Waals surface area contributed by atoms with Gasteiger partial charge in [-0.2, -0.15) is 0 Å². The lowest BCUT2D eigenvalue weighted by atomic mass is 10.2. The molecule has 2 N–H and O–H groups in total. The first-order valence-electron chi connectivity index (χ1n) is 6.45. The molecular weight excluding hydrogens is 279 g/mol. The second kappa shape index (κ2) is 5.41.